The number of benzene rings is 1. The van der Waals surface area contributed by atoms with E-state index in [1.54, 1.807) is 6.08 Å². The Bertz CT molecular complexity index is 922. The third-order valence-corrected chi connectivity index (χ3v) is 6.94. The molecule has 6 nitrogen and oxygen atoms in total. The molecule has 2 amide bonds. The lowest BCUT2D eigenvalue weighted by Gasteiger charge is -2.45. The number of hydrogen-bond acceptors (Lipinski definition) is 6. The van der Waals surface area contributed by atoms with Gasteiger partial charge in [0.25, 0.3) is 11.1 Å². The Labute approximate surface area is 176 Å². The summed E-state index contributed by atoms with van der Waals surface area (Å²) < 4.78 is 4.68. The molecule has 1 aromatic rings. The number of amides is 2. The second kappa shape index (κ2) is 7.52. The van der Waals surface area contributed by atoms with Gasteiger partial charge in [-0.3, -0.25) is 14.5 Å². The maximum absolute atomic E-state index is 12.8. The minimum atomic E-state index is -0.945. The number of anilines is 1. The van der Waals surface area contributed by atoms with Gasteiger partial charge in [-0.1, -0.05) is 6.92 Å². The summed E-state index contributed by atoms with van der Waals surface area (Å²) in [6.07, 6.45) is 2.79. The van der Waals surface area contributed by atoms with E-state index in [0.717, 1.165) is 34.2 Å². The van der Waals surface area contributed by atoms with Crippen LogP contribution < -0.4 is 4.90 Å². The van der Waals surface area contributed by atoms with Crippen LogP contribution in [0.3, 0.4) is 0 Å². The predicted molar refractivity (Wildman–Crippen MR) is 116 cm³/mol. The molecular weight excluding hydrogens is 388 g/mol. The van der Waals surface area contributed by atoms with Crippen LogP contribution in [-0.2, 0) is 14.3 Å². The Morgan fingerprint density at radius 2 is 2.00 bits per heavy atom. The van der Waals surface area contributed by atoms with E-state index in [1.807, 2.05) is 6.92 Å². The number of rotatable bonds is 3. The van der Waals surface area contributed by atoms with Crippen LogP contribution >= 0.6 is 11.8 Å². The van der Waals surface area contributed by atoms with E-state index >= 15 is 0 Å². The van der Waals surface area contributed by atoms with Gasteiger partial charge in [0.2, 0.25) is 0 Å². The molecule has 0 saturated carbocycles. The lowest BCUT2D eigenvalue weighted by atomic mass is 9.79. The average molecular weight is 417 g/mol. The van der Waals surface area contributed by atoms with Crippen molar-refractivity contribution >= 4 is 40.6 Å². The molecule has 0 aromatic heterocycles. The van der Waals surface area contributed by atoms with Crippen molar-refractivity contribution in [2.24, 2.45) is 0 Å². The Hall–Kier alpha value is -2.28. The Morgan fingerprint density at radius 1 is 1.34 bits per heavy atom. The molecule has 7 heteroatoms. The average Bonchev–Trinajstić information content (AvgIpc) is 2.92. The van der Waals surface area contributed by atoms with Crippen molar-refractivity contribution in [3.05, 3.63) is 33.7 Å². The van der Waals surface area contributed by atoms with Crippen molar-refractivity contribution < 1.29 is 19.1 Å². The third-order valence-electron chi connectivity index (χ3n) is 6.06. The number of thioether (sulfide) groups is 1. The summed E-state index contributed by atoms with van der Waals surface area (Å²) in [4.78, 5) is 40.5. The summed E-state index contributed by atoms with van der Waals surface area (Å²) in [6.45, 7) is 10.2. The van der Waals surface area contributed by atoms with E-state index in [1.165, 1.54) is 25.3 Å². The summed E-state index contributed by atoms with van der Waals surface area (Å²) in [5.41, 5.74) is 4.47. The maximum Gasteiger partial charge on any atom is 0.328 e. The first-order valence-corrected chi connectivity index (χ1v) is 10.5. The normalized spacial score (nSPS) is 23.4. The molecule has 2 aliphatic rings. The molecule has 156 valence electrons. The highest BCUT2D eigenvalue weighted by Gasteiger charge is 2.41. The molecule has 2 heterocycles. The number of hydrogen-bond donors (Lipinski definition) is 0. The first-order valence-electron chi connectivity index (χ1n) is 9.71. The van der Waals surface area contributed by atoms with Crippen molar-refractivity contribution in [1.29, 1.82) is 0 Å². The van der Waals surface area contributed by atoms with Crippen LogP contribution in [-0.4, -0.2) is 47.8 Å². The van der Waals surface area contributed by atoms with Crippen LogP contribution in [0.4, 0.5) is 10.5 Å². The van der Waals surface area contributed by atoms with E-state index in [4.69, 9.17) is 0 Å². The number of aryl methyl sites for hydroxylation is 1. The van der Waals surface area contributed by atoms with Gasteiger partial charge in [0, 0.05) is 18.3 Å². The smallest absolute Gasteiger partial charge is 0.328 e. The molecule has 0 radical (unpaired) electrons. The van der Waals surface area contributed by atoms with Gasteiger partial charge in [0.1, 0.15) is 6.04 Å². The number of methoxy groups -OCH3 is 1. The number of nitrogens with zero attached hydrogens (tertiary/aromatic N) is 2. The van der Waals surface area contributed by atoms with Gasteiger partial charge in [-0.05, 0) is 86.7 Å². The molecule has 1 saturated heterocycles. The zero-order chi connectivity index (χ0) is 21.7. The fourth-order valence-electron chi connectivity index (χ4n) is 4.12. The molecule has 0 bridgehead atoms. The highest BCUT2D eigenvalue weighted by atomic mass is 32.2. The van der Waals surface area contributed by atoms with Crippen molar-refractivity contribution in [2.75, 3.05) is 19.1 Å². The van der Waals surface area contributed by atoms with Crippen LogP contribution in [0.25, 0.3) is 6.08 Å². The quantitative estimate of drug-likeness (QED) is 0.540. The first kappa shape index (κ1) is 21.4. The van der Waals surface area contributed by atoms with Gasteiger partial charge in [-0.2, -0.15) is 0 Å². The first-order chi connectivity index (χ1) is 13.5. The summed E-state index contributed by atoms with van der Waals surface area (Å²) in [6, 6.07) is 3.33. The number of carbonyl (C=O) groups excluding carboxylic acids is 3. The maximum atomic E-state index is 12.8. The van der Waals surface area contributed by atoms with Gasteiger partial charge < -0.3 is 9.64 Å². The molecule has 2 atom stereocenters. The minimum absolute atomic E-state index is 0.0764. The van der Waals surface area contributed by atoms with E-state index in [2.05, 4.69) is 49.6 Å². The Balaban J connectivity index is 1.98. The predicted octanol–water partition coefficient (Wildman–Crippen LogP) is 4.31. The standard InChI is InChI=1S/C22H28N2O4S/c1-12-8-17-16(13(2)11-22(4,5)23(17)6)9-15(12)10-18-19(25)24(21(27)29-18)14(3)20(26)28-7/h8-10,13-14H,11H2,1-7H3/b18-10+/t13-,14+/m0/s1. The number of carbonyl (C=O) groups is 3. The molecule has 0 spiro atoms. The van der Waals surface area contributed by atoms with Gasteiger partial charge in [-0.15, -0.1) is 0 Å². The van der Waals surface area contributed by atoms with Gasteiger partial charge in [-0.25, -0.2) is 4.79 Å². The molecule has 1 aromatic carbocycles. The molecular formula is C22H28N2O4S. The fourth-order valence-corrected chi connectivity index (χ4v) is 5.02. The lowest BCUT2D eigenvalue weighted by molar-refractivity contribution is -0.148. The van der Waals surface area contributed by atoms with Crippen molar-refractivity contribution in [3.63, 3.8) is 0 Å². The second-order valence-electron chi connectivity index (χ2n) is 8.50. The van der Waals surface area contributed by atoms with E-state index in [9.17, 15) is 14.4 Å². The molecule has 0 aliphatic carbocycles. The largest absolute Gasteiger partial charge is 0.467 e. The van der Waals surface area contributed by atoms with Crippen LogP contribution in [0.2, 0.25) is 0 Å². The summed E-state index contributed by atoms with van der Waals surface area (Å²) in [7, 11) is 3.35. The Kier molecular flexibility index (Phi) is 5.56. The summed E-state index contributed by atoms with van der Waals surface area (Å²) in [5, 5.41) is -0.454. The van der Waals surface area contributed by atoms with Crippen LogP contribution in [0.1, 0.15) is 56.7 Å². The monoisotopic (exact) mass is 416 g/mol. The summed E-state index contributed by atoms with van der Waals surface area (Å²) >= 11 is 0.860. The zero-order valence-corrected chi connectivity index (χ0v) is 18.8. The van der Waals surface area contributed by atoms with Gasteiger partial charge >= 0.3 is 5.97 Å². The van der Waals surface area contributed by atoms with Gasteiger partial charge in [0.05, 0.1) is 12.0 Å². The van der Waals surface area contributed by atoms with Crippen molar-refractivity contribution in [2.45, 2.75) is 58.5 Å². The van der Waals surface area contributed by atoms with E-state index in [0.29, 0.717) is 10.8 Å². The van der Waals surface area contributed by atoms with Crippen molar-refractivity contribution in [1.82, 2.24) is 4.90 Å². The number of imide groups is 1. The zero-order valence-electron chi connectivity index (χ0n) is 18.0. The molecule has 2 aliphatic heterocycles. The van der Waals surface area contributed by atoms with E-state index in [-0.39, 0.29) is 5.54 Å². The number of fused-ring (bicyclic) bond motifs is 1. The van der Waals surface area contributed by atoms with E-state index < -0.39 is 23.2 Å². The molecule has 3 rings (SSSR count). The molecule has 0 unspecified atom stereocenters. The van der Waals surface area contributed by atoms with Crippen LogP contribution in [0, 0.1) is 6.92 Å². The fraction of sp³-hybridized carbons (Fsp3) is 0.500. The molecule has 29 heavy (non-hydrogen) atoms. The third kappa shape index (κ3) is 3.68. The SMILES string of the molecule is COC(=O)[C@@H](C)N1C(=O)S/C(=C/c2cc3c(cc2C)N(C)C(C)(C)C[C@@H]3C)C1=O. The second-order valence-corrected chi connectivity index (χ2v) is 9.49. The molecule has 0 N–H and O–H groups in total. The highest BCUT2D eigenvalue weighted by Crippen LogP contribution is 2.44. The summed E-state index contributed by atoms with van der Waals surface area (Å²) in [5.74, 6) is -0.683. The van der Waals surface area contributed by atoms with Crippen molar-refractivity contribution in [3.8, 4) is 0 Å². The highest BCUT2D eigenvalue weighted by molar-refractivity contribution is 8.18. The van der Waals surface area contributed by atoms with Crippen LogP contribution in [0.15, 0.2) is 17.0 Å². The lowest BCUT2D eigenvalue weighted by Crippen LogP contribution is -2.45. The molecule has 1 fully saturated rings. The topological polar surface area (TPSA) is 66.9 Å². The Morgan fingerprint density at radius 3 is 2.62 bits per heavy atom. The van der Waals surface area contributed by atoms with Gasteiger partial charge in [0.15, 0.2) is 0 Å². The number of esters is 1. The van der Waals surface area contributed by atoms with Crippen LogP contribution in [0.5, 0.6) is 0 Å². The number of ether oxygens (including phenoxy) is 1. The minimum Gasteiger partial charge on any atom is -0.467 e.